The molecule has 0 saturated heterocycles. The third-order valence-electron chi connectivity index (χ3n) is 5.18. The first kappa shape index (κ1) is 20.5. The summed E-state index contributed by atoms with van der Waals surface area (Å²) in [5, 5.41) is -1.20. The number of alkyl halides is 3. The molecule has 3 rings (SSSR count). The summed E-state index contributed by atoms with van der Waals surface area (Å²) < 4.78 is 43.3. The standard InChI is InChI=1S/C22H20ClF3O2/c1-21(2)17(12-18(23)22(24,25)26)19(21)20(27)28-13-14-7-6-10-16(11-14)15-8-4-3-5-9-15/h3-12,17,19H,13H2,1-2H3. The number of hydrogen-bond acceptors (Lipinski definition) is 2. The highest BCUT2D eigenvalue weighted by atomic mass is 35.5. The number of hydrogen-bond donors (Lipinski definition) is 0. The van der Waals surface area contributed by atoms with Crippen molar-refractivity contribution in [1.82, 2.24) is 0 Å². The summed E-state index contributed by atoms with van der Waals surface area (Å²) in [5.41, 5.74) is 2.24. The Bertz CT molecular complexity index is 888. The van der Waals surface area contributed by atoms with Crippen molar-refractivity contribution in [3.63, 3.8) is 0 Å². The quantitative estimate of drug-likeness (QED) is 0.538. The van der Waals surface area contributed by atoms with Crippen LogP contribution in [-0.2, 0) is 16.1 Å². The Labute approximate surface area is 167 Å². The molecule has 2 aromatic rings. The number of esters is 1. The largest absolute Gasteiger partial charge is 0.461 e. The molecule has 0 aromatic heterocycles. The van der Waals surface area contributed by atoms with E-state index in [9.17, 15) is 18.0 Å². The molecule has 1 aliphatic rings. The second-order valence-corrected chi connectivity index (χ2v) is 7.92. The van der Waals surface area contributed by atoms with E-state index >= 15 is 0 Å². The minimum absolute atomic E-state index is 0.0650. The van der Waals surface area contributed by atoms with E-state index in [1.807, 2.05) is 54.6 Å². The lowest BCUT2D eigenvalue weighted by Crippen LogP contribution is -2.11. The molecule has 1 fully saturated rings. The van der Waals surface area contributed by atoms with E-state index in [4.69, 9.17) is 16.3 Å². The van der Waals surface area contributed by atoms with Gasteiger partial charge in [0.15, 0.2) is 0 Å². The zero-order chi connectivity index (χ0) is 20.5. The molecule has 0 radical (unpaired) electrons. The van der Waals surface area contributed by atoms with Gasteiger partial charge < -0.3 is 4.74 Å². The Morgan fingerprint density at radius 1 is 1.11 bits per heavy atom. The summed E-state index contributed by atoms with van der Waals surface area (Å²) in [7, 11) is 0. The molecule has 2 atom stereocenters. The maximum absolute atomic E-state index is 12.6. The van der Waals surface area contributed by atoms with E-state index in [-0.39, 0.29) is 6.61 Å². The average molecular weight is 409 g/mol. The molecular weight excluding hydrogens is 389 g/mol. The lowest BCUT2D eigenvalue weighted by atomic mass is 10.0. The maximum Gasteiger partial charge on any atom is 0.426 e. The number of ether oxygens (including phenoxy) is 1. The van der Waals surface area contributed by atoms with Gasteiger partial charge in [-0.25, -0.2) is 0 Å². The smallest absolute Gasteiger partial charge is 0.426 e. The van der Waals surface area contributed by atoms with E-state index in [0.29, 0.717) is 0 Å². The van der Waals surface area contributed by atoms with Crippen LogP contribution in [0.15, 0.2) is 65.7 Å². The lowest BCUT2D eigenvalue weighted by molar-refractivity contribution is -0.147. The highest BCUT2D eigenvalue weighted by molar-refractivity contribution is 6.30. The Morgan fingerprint density at radius 2 is 1.75 bits per heavy atom. The first-order valence-corrected chi connectivity index (χ1v) is 9.24. The molecule has 0 N–H and O–H groups in total. The van der Waals surface area contributed by atoms with Gasteiger partial charge >= 0.3 is 12.1 Å². The highest BCUT2D eigenvalue weighted by Gasteiger charge is 2.62. The Kier molecular flexibility index (Phi) is 5.57. The first-order chi connectivity index (χ1) is 13.1. The number of carbonyl (C=O) groups is 1. The Hall–Kier alpha value is -2.27. The lowest BCUT2D eigenvalue weighted by Gasteiger charge is -2.08. The molecule has 0 spiro atoms. The van der Waals surface area contributed by atoms with Gasteiger partial charge in [-0.15, -0.1) is 0 Å². The van der Waals surface area contributed by atoms with E-state index in [0.717, 1.165) is 22.8 Å². The van der Waals surface area contributed by atoms with Crippen LogP contribution in [0.1, 0.15) is 19.4 Å². The number of benzene rings is 2. The summed E-state index contributed by atoms with van der Waals surface area (Å²) in [4.78, 5) is 12.4. The van der Waals surface area contributed by atoms with Crippen molar-refractivity contribution >= 4 is 17.6 Å². The van der Waals surface area contributed by atoms with Gasteiger partial charge in [0, 0.05) is 0 Å². The molecule has 0 amide bonds. The van der Waals surface area contributed by atoms with E-state index in [2.05, 4.69) is 0 Å². The maximum atomic E-state index is 12.6. The molecule has 2 unspecified atom stereocenters. The molecule has 0 heterocycles. The SMILES string of the molecule is CC1(C)C(C=C(Cl)C(F)(F)F)C1C(=O)OCc1cccc(-c2ccccc2)c1. The van der Waals surface area contributed by atoms with Crippen LogP contribution in [0.2, 0.25) is 0 Å². The molecular formula is C22H20ClF3O2. The molecule has 2 aromatic carbocycles. The predicted molar refractivity (Wildman–Crippen MR) is 102 cm³/mol. The third kappa shape index (κ3) is 4.41. The first-order valence-electron chi connectivity index (χ1n) is 8.86. The average Bonchev–Trinajstić information content (AvgIpc) is 3.20. The highest BCUT2D eigenvalue weighted by Crippen LogP contribution is 2.60. The van der Waals surface area contributed by atoms with Gasteiger partial charge in [0.25, 0.3) is 0 Å². The summed E-state index contributed by atoms with van der Waals surface area (Å²) in [5.74, 6) is -1.74. The van der Waals surface area contributed by atoms with Crippen molar-refractivity contribution in [3.8, 4) is 11.1 Å². The fourth-order valence-electron chi connectivity index (χ4n) is 3.41. The second kappa shape index (κ2) is 7.63. The van der Waals surface area contributed by atoms with Crippen molar-refractivity contribution in [2.75, 3.05) is 0 Å². The van der Waals surface area contributed by atoms with Gasteiger partial charge in [-0.2, -0.15) is 13.2 Å². The Morgan fingerprint density at radius 3 is 2.39 bits per heavy atom. The molecule has 6 heteroatoms. The third-order valence-corrected chi connectivity index (χ3v) is 5.52. The van der Waals surface area contributed by atoms with Crippen molar-refractivity contribution < 1.29 is 22.7 Å². The predicted octanol–water partition coefficient (Wildman–Crippen LogP) is 6.35. The summed E-state index contributed by atoms with van der Waals surface area (Å²) >= 11 is 5.32. The van der Waals surface area contributed by atoms with E-state index in [1.54, 1.807) is 13.8 Å². The van der Waals surface area contributed by atoms with Gasteiger partial charge in [0.2, 0.25) is 0 Å². The number of rotatable bonds is 5. The molecule has 2 nitrogen and oxygen atoms in total. The summed E-state index contributed by atoms with van der Waals surface area (Å²) in [6.07, 6.45) is -3.68. The van der Waals surface area contributed by atoms with Crippen LogP contribution in [0.3, 0.4) is 0 Å². The van der Waals surface area contributed by atoms with Gasteiger partial charge in [0.1, 0.15) is 11.6 Å². The fraction of sp³-hybridized carbons (Fsp3) is 0.318. The van der Waals surface area contributed by atoms with Crippen LogP contribution in [0.5, 0.6) is 0 Å². The van der Waals surface area contributed by atoms with Crippen LogP contribution in [0, 0.1) is 17.3 Å². The second-order valence-electron chi connectivity index (χ2n) is 7.51. The normalized spacial score (nSPS) is 21.3. The minimum Gasteiger partial charge on any atom is -0.461 e. The van der Waals surface area contributed by atoms with Crippen LogP contribution >= 0.6 is 11.6 Å². The molecule has 0 bridgehead atoms. The molecule has 0 aliphatic heterocycles. The molecule has 1 saturated carbocycles. The van der Waals surface area contributed by atoms with Gasteiger partial charge in [-0.05, 0) is 34.1 Å². The minimum atomic E-state index is -4.60. The topological polar surface area (TPSA) is 26.3 Å². The van der Waals surface area contributed by atoms with E-state index < -0.39 is 34.4 Å². The van der Waals surface area contributed by atoms with Crippen molar-refractivity contribution in [2.24, 2.45) is 17.3 Å². The fourth-order valence-corrected chi connectivity index (χ4v) is 3.54. The van der Waals surface area contributed by atoms with Crippen LogP contribution in [0.4, 0.5) is 13.2 Å². The summed E-state index contributed by atoms with van der Waals surface area (Å²) in [6.45, 7) is 3.53. The molecule has 148 valence electrons. The van der Waals surface area contributed by atoms with Crippen molar-refractivity contribution in [3.05, 3.63) is 71.3 Å². The van der Waals surface area contributed by atoms with Gasteiger partial charge in [-0.1, -0.05) is 80.1 Å². The van der Waals surface area contributed by atoms with Crippen LogP contribution in [-0.4, -0.2) is 12.1 Å². The summed E-state index contributed by atoms with van der Waals surface area (Å²) in [6, 6.07) is 17.4. The van der Waals surface area contributed by atoms with E-state index in [1.165, 1.54) is 0 Å². The number of halogens is 4. The van der Waals surface area contributed by atoms with Crippen molar-refractivity contribution in [1.29, 1.82) is 0 Å². The van der Waals surface area contributed by atoms with Crippen LogP contribution < -0.4 is 0 Å². The van der Waals surface area contributed by atoms with Crippen LogP contribution in [0.25, 0.3) is 11.1 Å². The Balaban J connectivity index is 1.65. The monoisotopic (exact) mass is 408 g/mol. The van der Waals surface area contributed by atoms with Gasteiger partial charge in [-0.3, -0.25) is 4.79 Å². The van der Waals surface area contributed by atoms with Crippen molar-refractivity contribution in [2.45, 2.75) is 26.6 Å². The number of carbonyl (C=O) groups excluding carboxylic acids is 1. The zero-order valence-corrected chi connectivity index (χ0v) is 16.2. The number of allylic oxidation sites excluding steroid dienone is 2. The van der Waals surface area contributed by atoms with Gasteiger partial charge in [0.05, 0.1) is 5.92 Å². The molecule has 1 aliphatic carbocycles. The zero-order valence-electron chi connectivity index (χ0n) is 15.5. The molecule has 28 heavy (non-hydrogen) atoms.